The monoisotopic (exact) mass is 406 g/mol. The van der Waals surface area contributed by atoms with Gasteiger partial charge in [-0.2, -0.15) is 0 Å². The number of carbonyl (C=O) groups excluding carboxylic acids is 1. The molecule has 2 saturated heterocycles. The lowest BCUT2D eigenvalue weighted by atomic mass is 9.96. The lowest BCUT2D eigenvalue weighted by Gasteiger charge is -2.37. The number of nitrogens with one attached hydrogen (secondary N) is 1. The largest absolute Gasteiger partial charge is 0.369 e. The van der Waals surface area contributed by atoms with Gasteiger partial charge in [-0.3, -0.25) is 9.79 Å². The molecule has 1 aromatic heterocycles. The molecule has 1 amide bonds. The molecule has 0 bridgehead atoms. The van der Waals surface area contributed by atoms with Gasteiger partial charge in [0.05, 0.1) is 5.00 Å². The molecular weight excluding hydrogens is 372 g/mol. The molecule has 3 N–H and O–H groups in total. The number of likely N-dealkylation sites (tertiary alicyclic amines) is 1. The lowest BCUT2D eigenvalue weighted by molar-refractivity contribution is -0.123. The van der Waals surface area contributed by atoms with Crippen LogP contribution in [0.2, 0.25) is 0 Å². The van der Waals surface area contributed by atoms with Gasteiger partial charge in [0.1, 0.15) is 0 Å². The molecule has 8 heteroatoms. The van der Waals surface area contributed by atoms with Crippen LogP contribution in [0.1, 0.15) is 25.7 Å². The summed E-state index contributed by atoms with van der Waals surface area (Å²) >= 11 is 1.81. The quantitative estimate of drug-likeness (QED) is 0.407. The lowest BCUT2D eigenvalue weighted by Crippen LogP contribution is -2.52. The fourth-order valence-corrected chi connectivity index (χ4v) is 4.81. The Hall–Kier alpha value is -1.80. The third kappa shape index (κ3) is 5.85. The predicted molar refractivity (Wildman–Crippen MR) is 117 cm³/mol. The summed E-state index contributed by atoms with van der Waals surface area (Å²) in [6.07, 6.45) is 4.12. The van der Waals surface area contributed by atoms with Crippen molar-refractivity contribution in [2.24, 2.45) is 16.6 Å². The van der Waals surface area contributed by atoms with Crippen LogP contribution in [0.25, 0.3) is 0 Å². The topological polar surface area (TPSA) is 77.2 Å². The van der Waals surface area contributed by atoms with E-state index in [2.05, 4.69) is 42.5 Å². The smallest absolute Gasteiger partial charge is 0.220 e. The van der Waals surface area contributed by atoms with Gasteiger partial charge in [0, 0.05) is 45.7 Å². The van der Waals surface area contributed by atoms with Crippen molar-refractivity contribution in [1.29, 1.82) is 0 Å². The number of unbranched alkanes of at least 4 members (excludes halogenated alkanes) is 1. The van der Waals surface area contributed by atoms with Crippen LogP contribution in [0.4, 0.5) is 5.00 Å². The van der Waals surface area contributed by atoms with E-state index < -0.39 is 0 Å². The second-order valence-corrected chi connectivity index (χ2v) is 8.55. The maximum atomic E-state index is 11.2. The maximum Gasteiger partial charge on any atom is 0.220 e. The molecule has 3 heterocycles. The van der Waals surface area contributed by atoms with Crippen molar-refractivity contribution < 1.29 is 4.79 Å². The summed E-state index contributed by atoms with van der Waals surface area (Å²) in [6, 6.07) is 4.32. The van der Waals surface area contributed by atoms with E-state index in [0.717, 1.165) is 84.0 Å². The van der Waals surface area contributed by atoms with Crippen LogP contribution >= 0.6 is 11.3 Å². The van der Waals surface area contributed by atoms with Crippen LogP contribution in [0.15, 0.2) is 22.5 Å². The van der Waals surface area contributed by atoms with Crippen LogP contribution in [0.3, 0.4) is 0 Å². The minimum atomic E-state index is -0.133. The van der Waals surface area contributed by atoms with E-state index in [4.69, 9.17) is 5.73 Å². The molecule has 156 valence electrons. The number of hydrogen-bond donors (Lipinski definition) is 2. The average Bonchev–Trinajstić information content (AvgIpc) is 3.26. The number of carbonyl (C=O) groups is 1. The van der Waals surface area contributed by atoms with Crippen LogP contribution in [0.5, 0.6) is 0 Å². The van der Waals surface area contributed by atoms with Gasteiger partial charge in [0.15, 0.2) is 5.96 Å². The molecule has 28 heavy (non-hydrogen) atoms. The van der Waals surface area contributed by atoms with Crippen molar-refractivity contribution in [3.63, 3.8) is 0 Å². The first-order valence-corrected chi connectivity index (χ1v) is 11.3. The highest BCUT2D eigenvalue weighted by molar-refractivity contribution is 7.14. The summed E-state index contributed by atoms with van der Waals surface area (Å²) in [7, 11) is 1.87. The minimum absolute atomic E-state index is 0.0847. The van der Waals surface area contributed by atoms with Gasteiger partial charge in [-0.15, -0.1) is 11.3 Å². The predicted octanol–water partition coefficient (Wildman–Crippen LogP) is 1.42. The van der Waals surface area contributed by atoms with Crippen molar-refractivity contribution >= 4 is 28.2 Å². The van der Waals surface area contributed by atoms with Crippen LogP contribution < -0.4 is 16.0 Å². The van der Waals surface area contributed by atoms with Gasteiger partial charge in [0.25, 0.3) is 0 Å². The molecule has 0 spiro atoms. The summed E-state index contributed by atoms with van der Waals surface area (Å²) in [5.41, 5.74) is 5.40. The highest BCUT2D eigenvalue weighted by Crippen LogP contribution is 2.22. The van der Waals surface area contributed by atoms with E-state index >= 15 is 0 Å². The van der Waals surface area contributed by atoms with Crippen LogP contribution in [-0.2, 0) is 4.79 Å². The number of primary amides is 1. The van der Waals surface area contributed by atoms with Crippen molar-refractivity contribution in [3.8, 4) is 0 Å². The number of nitrogens with two attached hydrogens (primary N) is 1. The first-order valence-electron chi connectivity index (χ1n) is 10.4. The Morgan fingerprint density at radius 2 is 1.96 bits per heavy atom. The number of piperidine rings is 1. The normalized spacial score (nSPS) is 19.8. The Kier molecular flexibility index (Phi) is 7.97. The number of anilines is 1. The number of aliphatic imine (C=N–C) groups is 1. The van der Waals surface area contributed by atoms with Crippen LogP contribution in [-0.4, -0.2) is 81.1 Å². The summed E-state index contributed by atoms with van der Waals surface area (Å²) < 4.78 is 0. The summed E-state index contributed by atoms with van der Waals surface area (Å²) in [5, 5.41) is 7.03. The van der Waals surface area contributed by atoms with E-state index in [-0.39, 0.29) is 11.8 Å². The first-order chi connectivity index (χ1) is 13.7. The van der Waals surface area contributed by atoms with Crippen LogP contribution in [0, 0.1) is 5.92 Å². The fraction of sp³-hybridized carbons (Fsp3) is 0.700. The first kappa shape index (κ1) is 20.9. The highest BCUT2D eigenvalue weighted by atomic mass is 32.1. The summed E-state index contributed by atoms with van der Waals surface area (Å²) in [6.45, 7) is 8.15. The number of piperazine rings is 1. The van der Waals surface area contributed by atoms with Gasteiger partial charge in [0.2, 0.25) is 5.91 Å². The van der Waals surface area contributed by atoms with Crippen molar-refractivity contribution in [2.75, 3.05) is 64.3 Å². The molecular formula is C20H34N6OS. The molecule has 3 rings (SSSR count). The van der Waals surface area contributed by atoms with Crippen molar-refractivity contribution in [2.45, 2.75) is 25.7 Å². The number of nitrogens with zero attached hydrogens (tertiary/aromatic N) is 4. The fourth-order valence-electron chi connectivity index (χ4n) is 4.02. The number of amides is 1. The SMILES string of the molecule is CN=C(NCCCCN1CCC(C(N)=O)CC1)N1CCN(c2cccs2)CC1. The Morgan fingerprint density at radius 1 is 1.21 bits per heavy atom. The Balaban J connectivity index is 1.28. The molecule has 0 saturated carbocycles. The van der Waals surface area contributed by atoms with Gasteiger partial charge >= 0.3 is 0 Å². The van der Waals surface area contributed by atoms with Gasteiger partial charge in [-0.05, 0) is 62.8 Å². The number of hydrogen-bond acceptors (Lipinski definition) is 5. The molecule has 2 aliphatic heterocycles. The van der Waals surface area contributed by atoms with Crippen molar-refractivity contribution in [3.05, 3.63) is 17.5 Å². The standard InChI is InChI=1S/C20H34N6OS/c1-22-20(26-14-12-25(13-15-26)18-5-4-16-28-18)23-8-2-3-9-24-10-6-17(7-11-24)19(21)27/h4-5,16-17H,2-3,6-15H2,1H3,(H2,21,27)(H,22,23). The van der Waals surface area contributed by atoms with Crippen molar-refractivity contribution in [1.82, 2.24) is 15.1 Å². The highest BCUT2D eigenvalue weighted by Gasteiger charge is 2.23. The van der Waals surface area contributed by atoms with Gasteiger partial charge in [-0.25, -0.2) is 0 Å². The molecule has 2 aliphatic rings. The van der Waals surface area contributed by atoms with E-state index in [1.54, 1.807) is 0 Å². The Morgan fingerprint density at radius 3 is 2.57 bits per heavy atom. The maximum absolute atomic E-state index is 11.2. The third-order valence-corrected chi connectivity index (χ3v) is 6.71. The zero-order valence-corrected chi connectivity index (χ0v) is 17.8. The second kappa shape index (κ2) is 10.7. The molecule has 7 nitrogen and oxygen atoms in total. The minimum Gasteiger partial charge on any atom is -0.369 e. The Bertz CT molecular complexity index is 619. The van der Waals surface area contributed by atoms with Gasteiger partial charge < -0.3 is 25.8 Å². The second-order valence-electron chi connectivity index (χ2n) is 7.62. The number of rotatable bonds is 7. The van der Waals surface area contributed by atoms with E-state index in [1.807, 2.05) is 18.4 Å². The van der Waals surface area contributed by atoms with E-state index in [0.29, 0.717) is 0 Å². The molecule has 0 atom stereocenters. The molecule has 1 aromatic rings. The zero-order valence-electron chi connectivity index (χ0n) is 17.0. The van der Waals surface area contributed by atoms with E-state index in [1.165, 1.54) is 5.00 Å². The number of guanidine groups is 1. The summed E-state index contributed by atoms with van der Waals surface area (Å²) in [4.78, 5) is 23.0. The zero-order chi connectivity index (χ0) is 19.8. The Labute approximate surface area is 172 Å². The van der Waals surface area contributed by atoms with Gasteiger partial charge in [-0.1, -0.05) is 0 Å². The molecule has 0 aromatic carbocycles. The molecule has 0 aliphatic carbocycles. The molecule has 2 fully saturated rings. The average molecular weight is 407 g/mol. The number of thiophene rings is 1. The molecule has 0 unspecified atom stereocenters. The summed E-state index contributed by atoms with van der Waals surface area (Å²) in [5.74, 6) is 0.973. The van der Waals surface area contributed by atoms with E-state index in [9.17, 15) is 4.79 Å². The molecule has 0 radical (unpaired) electrons. The third-order valence-electron chi connectivity index (χ3n) is 5.78.